The van der Waals surface area contributed by atoms with Crippen molar-refractivity contribution in [3.63, 3.8) is 0 Å². The zero-order valence-corrected chi connectivity index (χ0v) is 19.2. The molecule has 1 aromatic heterocycles. The van der Waals surface area contributed by atoms with Crippen molar-refractivity contribution in [3.8, 4) is 0 Å². The molecule has 1 amide bonds. The molecule has 6 nitrogen and oxygen atoms in total. The molecule has 0 saturated heterocycles. The van der Waals surface area contributed by atoms with E-state index in [2.05, 4.69) is 20.8 Å². The number of amides is 1. The van der Waals surface area contributed by atoms with Crippen LogP contribution in [-0.4, -0.2) is 39.0 Å². The van der Waals surface area contributed by atoms with Crippen molar-refractivity contribution in [2.75, 3.05) is 5.32 Å². The van der Waals surface area contributed by atoms with Gasteiger partial charge in [0.25, 0.3) is 0 Å². The smallest absolute Gasteiger partial charge is 0.223 e. The van der Waals surface area contributed by atoms with Gasteiger partial charge < -0.3 is 15.7 Å². The fourth-order valence-corrected chi connectivity index (χ4v) is 6.29. The first-order valence-corrected chi connectivity index (χ1v) is 11.9. The number of fused-ring (bicyclic) bond motifs is 2. The van der Waals surface area contributed by atoms with Gasteiger partial charge >= 0.3 is 0 Å². The lowest BCUT2D eigenvalue weighted by Crippen LogP contribution is -2.42. The number of hydrogen-bond acceptors (Lipinski definition) is 5. The molecule has 0 spiro atoms. The van der Waals surface area contributed by atoms with E-state index in [9.17, 15) is 14.3 Å². The number of aliphatic hydroxyl groups is 1. The molecule has 2 bridgehead atoms. The van der Waals surface area contributed by atoms with E-state index in [1.54, 1.807) is 12.1 Å². The molecular formula is C24H26ClF3N4O2. The SMILES string of the molecule is O=C(N[C@H](c1c(F)ccc(Cl)c1F)C12CCC(F)(CC1)C2)C1CC(O)C(Nc2cccnn2)C1. The van der Waals surface area contributed by atoms with E-state index in [4.69, 9.17) is 11.6 Å². The van der Waals surface area contributed by atoms with Crippen molar-refractivity contribution in [3.05, 3.63) is 52.7 Å². The topological polar surface area (TPSA) is 87.1 Å². The summed E-state index contributed by atoms with van der Waals surface area (Å²) in [5.74, 6) is -2.30. The number of carbonyl (C=O) groups is 1. The molecule has 3 unspecified atom stereocenters. The van der Waals surface area contributed by atoms with Gasteiger partial charge in [-0.3, -0.25) is 4.79 Å². The van der Waals surface area contributed by atoms with Crippen LogP contribution in [0.25, 0.3) is 0 Å². The number of carbonyl (C=O) groups excluding carboxylic acids is 1. The van der Waals surface area contributed by atoms with Crippen molar-refractivity contribution in [1.29, 1.82) is 0 Å². The molecule has 3 N–H and O–H groups in total. The van der Waals surface area contributed by atoms with Crippen molar-refractivity contribution >= 4 is 23.3 Å². The molecular weight excluding hydrogens is 469 g/mol. The van der Waals surface area contributed by atoms with Crippen LogP contribution in [0.2, 0.25) is 5.02 Å². The number of aliphatic hydroxyl groups excluding tert-OH is 1. The molecule has 3 fully saturated rings. The molecule has 2 aromatic rings. The fraction of sp³-hybridized carbons (Fsp3) is 0.542. The first-order valence-electron chi connectivity index (χ1n) is 11.5. The minimum Gasteiger partial charge on any atom is -0.391 e. The number of hydrogen-bond donors (Lipinski definition) is 3. The number of anilines is 1. The highest BCUT2D eigenvalue weighted by atomic mass is 35.5. The van der Waals surface area contributed by atoms with Gasteiger partial charge in [-0.1, -0.05) is 11.6 Å². The minimum absolute atomic E-state index is 0.139. The van der Waals surface area contributed by atoms with Crippen molar-refractivity contribution in [2.24, 2.45) is 11.3 Å². The Balaban J connectivity index is 1.39. The number of aromatic nitrogens is 2. The minimum atomic E-state index is -1.37. The predicted octanol–water partition coefficient (Wildman–Crippen LogP) is 4.49. The summed E-state index contributed by atoms with van der Waals surface area (Å²) in [6.45, 7) is 0. The maximum absolute atomic E-state index is 15.1. The number of nitrogens with one attached hydrogen (secondary N) is 2. The van der Waals surface area contributed by atoms with Crippen molar-refractivity contribution in [2.45, 2.75) is 68.8 Å². The molecule has 5 rings (SSSR count). The molecule has 0 aliphatic heterocycles. The summed E-state index contributed by atoms with van der Waals surface area (Å²) in [6.07, 6.45) is 2.77. The third-order valence-corrected chi connectivity index (χ3v) is 8.18. The first-order chi connectivity index (χ1) is 16.2. The van der Waals surface area contributed by atoms with Gasteiger partial charge in [0.15, 0.2) is 0 Å². The number of rotatable bonds is 6. The Morgan fingerprint density at radius 2 is 1.94 bits per heavy atom. The molecule has 1 aromatic carbocycles. The third kappa shape index (κ3) is 4.13. The largest absolute Gasteiger partial charge is 0.391 e. The summed E-state index contributed by atoms with van der Waals surface area (Å²) in [5.41, 5.74) is -2.48. The summed E-state index contributed by atoms with van der Waals surface area (Å²) in [5, 5.41) is 23.9. The van der Waals surface area contributed by atoms with Crippen LogP contribution in [0.5, 0.6) is 0 Å². The van der Waals surface area contributed by atoms with Crippen LogP contribution in [0.3, 0.4) is 0 Å². The van der Waals surface area contributed by atoms with Crippen LogP contribution >= 0.6 is 11.6 Å². The van der Waals surface area contributed by atoms with Crippen LogP contribution in [0.1, 0.15) is 56.6 Å². The van der Waals surface area contributed by atoms with Gasteiger partial charge in [-0.15, -0.1) is 5.10 Å². The lowest BCUT2D eigenvalue weighted by Gasteiger charge is -2.37. The highest BCUT2D eigenvalue weighted by Gasteiger charge is 2.59. The Labute approximate surface area is 200 Å². The highest BCUT2D eigenvalue weighted by molar-refractivity contribution is 6.30. The number of halogens is 4. The Hall–Kier alpha value is -2.39. The van der Waals surface area contributed by atoms with Crippen LogP contribution < -0.4 is 10.6 Å². The van der Waals surface area contributed by atoms with Gasteiger partial charge in [0.2, 0.25) is 5.91 Å². The van der Waals surface area contributed by atoms with E-state index in [0.29, 0.717) is 37.9 Å². The van der Waals surface area contributed by atoms with Gasteiger partial charge in [-0.05, 0) is 74.6 Å². The number of nitrogens with zero attached hydrogens (tertiary/aromatic N) is 2. The third-order valence-electron chi connectivity index (χ3n) is 7.88. The molecule has 3 aliphatic carbocycles. The average molecular weight is 495 g/mol. The first kappa shape index (κ1) is 23.4. The second kappa shape index (κ2) is 8.68. The van der Waals surface area contributed by atoms with Crippen LogP contribution in [0, 0.1) is 23.0 Å². The average Bonchev–Trinajstić information content (AvgIpc) is 3.47. The Kier molecular flexibility index (Phi) is 5.96. The van der Waals surface area contributed by atoms with Crippen LogP contribution in [-0.2, 0) is 4.79 Å². The van der Waals surface area contributed by atoms with Crippen molar-refractivity contribution in [1.82, 2.24) is 15.5 Å². The van der Waals surface area contributed by atoms with Crippen molar-refractivity contribution < 1.29 is 23.1 Å². The van der Waals surface area contributed by atoms with Gasteiger partial charge in [0.05, 0.1) is 23.2 Å². The van der Waals surface area contributed by atoms with E-state index in [1.165, 1.54) is 6.20 Å². The fourth-order valence-electron chi connectivity index (χ4n) is 6.12. The van der Waals surface area contributed by atoms with Crippen LogP contribution in [0.4, 0.5) is 19.0 Å². The summed E-state index contributed by atoms with van der Waals surface area (Å²) in [7, 11) is 0. The van der Waals surface area contributed by atoms with Gasteiger partial charge in [0, 0.05) is 17.7 Å². The molecule has 10 heteroatoms. The Bertz CT molecular complexity index is 1080. The van der Waals surface area contributed by atoms with Gasteiger partial charge in [0.1, 0.15) is 23.1 Å². The summed E-state index contributed by atoms with van der Waals surface area (Å²) in [6, 6.07) is 4.13. The lowest BCUT2D eigenvalue weighted by molar-refractivity contribution is -0.127. The highest BCUT2D eigenvalue weighted by Crippen LogP contribution is 2.63. The molecule has 3 saturated carbocycles. The normalized spacial score (nSPS) is 33.1. The molecule has 3 aliphatic rings. The second-order valence-electron chi connectivity index (χ2n) is 9.98. The summed E-state index contributed by atoms with van der Waals surface area (Å²) >= 11 is 5.96. The van der Waals surface area contributed by atoms with E-state index < -0.39 is 52.7 Å². The second-order valence-corrected chi connectivity index (χ2v) is 10.4. The zero-order valence-electron chi connectivity index (χ0n) is 18.4. The maximum Gasteiger partial charge on any atom is 0.223 e. The molecule has 34 heavy (non-hydrogen) atoms. The Morgan fingerprint density at radius 3 is 2.59 bits per heavy atom. The number of alkyl halides is 1. The Morgan fingerprint density at radius 1 is 1.18 bits per heavy atom. The maximum atomic E-state index is 15.1. The molecule has 1 heterocycles. The molecule has 4 atom stereocenters. The summed E-state index contributed by atoms with van der Waals surface area (Å²) in [4.78, 5) is 13.3. The standard InChI is InChI=1S/C24H26ClF3N4O2/c25-14-3-4-15(26)19(20(14)27)21(23-5-7-24(28,12-23)8-6-23)31-22(34)13-10-16(17(33)11-13)30-18-2-1-9-29-32-18/h1-4,9,13,16-17,21,33H,5-8,10-12H2,(H,30,32)(H,31,34)/t13?,16?,17?,21-,23?,24?/m1/s1. The summed E-state index contributed by atoms with van der Waals surface area (Å²) < 4.78 is 45.1. The molecule has 0 radical (unpaired) electrons. The van der Waals surface area contributed by atoms with Gasteiger partial charge in [-0.25, -0.2) is 13.2 Å². The van der Waals surface area contributed by atoms with E-state index >= 15 is 8.78 Å². The zero-order chi connectivity index (χ0) is 24.1. The van der Waals surface area contributed by atoms with E-state index in [0.717, 1.165) is 12.1 Å². The number of benzene rings is 1. The van der Waals surface area contributed by atoms with Gasteiger partial charge in [-0.2, -0.15) is 5.10 Å². The van der Waals surface area contributed by atoms with Crippen LogP contribution in [0.15, 0.2) is 30.5 Å². The predicted molar refractivity (Wildman–Crippen MR) is 120 cm³/mol. The lowest BCUT2D eigenvalue weighted by atomic mass is 9.74. The monoisotopic (exact) mass is 494 g/mol. The van der Waals surface area contributed by atoms with E-state index in [-0.39, 0.29) is 23.4 Å². The quantitative estimate of drug-likeness (QED) is 0.515. The van der Waals surface area contributed by atoms with E-state index in [1.807, 2.05) is 0 Å². The molecule has 182 valence electrons.